The number of unbranched alkanes of at least 4 members (excludes halogenated alkanes) is 1. The van der Waals surface area contributed by atoms with Crippen molar-refractivity contribution in [2.45, 2.75) is 46.5 Å². The average molecular weight is 182 g/mol. The quantitative estimate of drug-likeness (QED) is 0.328. The molecule has 0 aromatic heterocycles. The molecule has 0 heterocycles. The zero-order chi connectivity index (χ0) is 9.94. The van der Waals surface area contributed by atoms with Crippen LogP contribution in [0.2, 0.25) is 0 Å². The lowest BCUT2D eigenvalue weighted by Crippen LogP contribution is -1.84. The van der Waals surface area contributed by atoms with Crippen molar-refractivity contribution in [3.8, 4) is 0 Å². The van der Waals surface area contributed by atoms with Crippen LogP contribution in [-0.4, -0.2) is 6.61 Å². The van der Waals surface area contributed by atoms with E-state index in [1.807, 2.05) is 6.08 Å². The van der Waals surface area contributed by atoms with Crippen LogP contribution in [0.4, 0.5) is 0 Å². The lowest BCUT2D eigenvalue weighted by atomic mass is 10.1. The zero-order valence-electron chi connectivity index (χ0n) is 9.18. The molecule has 76 valence electrons. The molecule has 0 rings (SSSR count). The lowest BCUT2D eigenvalue weighted by molar-refractivity contribution is 0.244. The Morgan fingerprint density at radius 1 is 1.15 bits per heavy atom. The molecule has 0 saturated carbocycles. The third-order valence-electron chi connectivity index (χ3n) is 2.03. The van der Waals surface area contributed by atoms with E-state index in [1.165, 1.54) is 12.0 Å². The van der Waals surface area contributed by atoms with Gasteiger partial charge >= 0.3 is 0 Å². The van der Waals surface area contributed by atoms with Gasteiger partial charge in [0.1, 0.15) is 0 Å². The van der Waals surface area contributed by atoms with Gasteiger partial charge in [0.05, 0.1) is 12.9 Å². The van der Waals surface area contributed by atoms with Crippen LogP contribution in [0.25, 0.3) is 0 Å². The Morgan fingerprint density at radius 3 is 2.38 bits per heavy atom. The zero-order valence-corrected chi connectivity index (χ0v) is 9.18. The highest BCUT2D eigenvalue weighted by Gasteiger charge is 1.85. The van der Waals surface area contributed by atoms with Gasteiger partial charge in [-0.1, -0.05) is 38.8 Å². The molecule has 0 bridgehead atoms. The van der Waals surface area contributed by atoms with E-state index in [0.717, 1.165) is 25.9 Å². The first kappa shape index (κ1) is 12.3. The van der Waals surface area contributed by atoms with Gasteiger partial charge in [-0.2, -0.15) is 0 Å². The first-order chi connectivity index (χ1) is 6.35. The fraction of sp³-hybridized carbons (Fsp3) is 0.667. The number of allylic oxidation sites excluding steroid dienone is 3. The van der Waals surface area contributed by atoms with Crippen molar-refractivity contribution < 1.29 is 4.74 Å². The van der Waals surface area contributed by atoms with Gasteiger partial charge in [0.25, 0.3) is 0 Å². The summed E-state index contributed by atoms with van der Waals surface area (Å²) in [6.45, 7) is 7.37. The molecule has 0 aliphatic rings. The molecule has 0 saturated heterocycles. The predicted octanol–water partition coefficient (Wildman–Crippen LogP) is 4.06. The Morgan fingerprint density at radius 2 is 1.85 bits per heavy atom. The van der Waals surface area contributed by atoms with E-state index in [1.54, 1.807) is 6.26 Å². The van der Waals surface area contributed by atoms with Crippen LogP contribution in [0.1, 0.15) is 46.5 Å². The predicted molar refractivity (Wildman–Crippen MR) is 58.7 cm³/mol. The van der Waals surface area contributed by atoms with E-state index in [4.69, 9.17) is 4.74 Å². The van der Waals surface area contributed by atoms with E-state index in [0.29, 0.717) is 0 Å². The van der Waals surface area contributed by atoms with Gasteiger partial charge in [0.2, 0.25) is 0 Å². The molecule has 13 heavy (non-hydrogen) atoms. The van der Waals surface area contributed by atoms with Gasteiger partial charge in [-0.15, -0.1) is 0 Å². The number of ether oxygens (including phenoxy) is 1. The van der Waals surface area contributed by atoms with Gasteiger partial charge in [-0.05, 0) is 25.3 Å². The van der Waals surface area contributed by atoms with Crippen LogP contribution in [0.3, 0.4) is 0 Å². The summed E-state index contributed by atoms with van der Waals surface area (Å²) in [5.74, 6) is 0. The van der Waals surface area contributed by atoms with Crippen molar-refractivity contribution >= 4 is 0 Å². The first-order valence-electron chi connectivity index (χ1n) is 5.31. The Kier molecular flexibility index (Phi) is 8.85. The molecular weight excluding hydrogens is 160 g/mol. The second kappa shape index (κ2) is 9.37. The third kappa shape index (κ3) is 7.63. The van der Waals surface area contributed by atoms with Crippen molar-refractivity contribution in [3.05, 3.63) is 24.0 Å². The molecule has 0 aliphatic heterocycles. The number of hydrogen-bond acceptors (Lipinski definition) is 1. The molecule has 0 aromatic rings. The minimum Gasteiger partial charge on any atom is -0.501 e. The van der Waals surface area contributed by atoms with Gasteiger partial charge in [0.15, 0.2) is 0 Å². The summed E-state index contributed by atoms with van der Waals surface area (Å²) >= 11 is 0. The van der Waals surface area contributed by atoms with Crippen molar-refractivity contribution in [1.29, 1.82) is 0 Å². The van der Waals surface area contributed by atoms with Gasteiger partial charge in [0, 0.05) is 0 Å². The molecule has 0 amide bonds. The third-order valence-corrected chi connectivity index (χ3v) is 2.03. The Bertz CT molecular complexity index is 151. The average Bonchev–Trinajstić information content (AvgIpc) is 2.17. The summed E-state index contributed by atoms with van der Waals surface area (Å²) in [6, 6.07) is 0. The molecule has 0 unspecified atom stereocenters. The second-order valence-corrected chi connectivity index (χ2v) is 3.08. The molecular formula is C12H22O. The van der Waals surface area contributed by atoms with Crippen molar-refractivity contribution in [1.82, 2.24) is 0 Å². The van der Waals surface area contributed by atoms with E-state index >= 15 is 0 Å². The smallest absolute Gasteiger partial charge is 0.0873 e. The highest BCUT2D eigenvalue weighted by atomic mass is 16.5. The molecule has 0 fully saturated rings. The molecule has 0 aromatic carbocycles. The Hall–Kier alpha value is -0.720. The lowest BCUT2D eigenvalue weighted by Gasteiger charge is -1.98. The van der Waals surface area contributed by atoms with Crippen molar-refractivity contribution in [2.24, 2.45) is 0 Å². The number of hydrogen-bond donors (Lipinski definition) is 0. The maximum atomic E-state index is 5.29. The van der Waals surface area contributed by atoms with Crippen LogP contribution in [-0.2, 0) is 4.74 Å². The van der Waals surface area contributed by atoms with Crippen LogP contribution in [0.15, 0.2) is 24.0 Å². The highest BCUT2D eigenvalue weighted by molar-refractivity contribution is 5.10. The fourth-order valence-corrected chi connectivity index (χ4v) is 1.01. The first-order valence-corrected chi connectivity index (χ1v) is 5.31. The van der Waals surface area contributed by atoms with Gasteiger partial charge in [-0.3, -0.25) is 0 Å². The van der Waals surface area contributed by atoms with E-state index in [-0.39, 0.29) is 0 Å². The van der Waals surface area contributed by atoms with Gasteiger partial charge in [-0.25, -0.2) is 0 Å². The minimum absolute atomic E-state index is 0.842. The molecule has 0 atom stereocenters. The summed E-state index contributed by atoms with van der Waals surface area (Å²) in [6.07, 6.45) is 10.5. The van der Waals surface area contributed by atoms with Gasteiger partial charge < -0.3 is 4.74 Å². The summed E-state index contributed by atoms with van der Waals surface area (Å²) in [5, 5.41) is 0. The van der Waals surface area contributed by atoms with Crippen LogP contribution < -0.4 is 0 Å². The van der Waals surface area contributed by atoms with Crippen LogP contribution in [0.5, 0.6) is 0 Å². The summed E-state index contributed by atoms with van der Waals surface area (Å²) in [7, 11) is 0. The maximum Gasteiger partial charge on any atom is 0.0873 e. The monoisotopic (exact) mass is 182 g/mol. The van der Waals surface area contributed by atoms with Crippen molar-refractivity contribution in [2.75, 3.05) is 6.61 Å². The summed E-state index contributed by atoms with van der Waals surface area (Å²) < 4.78 is 5.29. The van der Waals surface area contributed by atoms with E-state index in [2.05, 4.69) is 26.8 Å². The van der Waals surface area contributed by atoms with E-state index < -0.39 is 0 Å². The van der Waals surface area contributed by atoms with Crippen LogP contribution >= 0.6 is 0 Å². The minimum atomic E-state index is 0.842. The fourth-order valence-electron chi connectivity index (χ4n) is 1.01. The topological polar surface area (TPSA) is 9.23 Å². The molecule has 0 aliphatic carbocycles. The summed E-state index contributed by atoms with van der Waals surface area (Å²) in [4.78, 5) is 0. The SMILES string of the molecule is CCCCO/C=C/C=C(CC)CC. The Labute approximate surface area is 82.5 Å². The Balaban J connectivity index is 3.53. The molecule has 0 N–H and O–H groups in total. The molecule has 0 spiro atoms. The number of rotatable bonds is 7. The largest absolute Gasteiger partial charge is 0.501 e. The molecule has 1 heteroatoms. The molecule has 0 radical (unpaired) electrons. The second-order valence-electron chi connectivity index (χ2n) is 3.08. The maximum absolute atomic E-state index is 5.29. The highest BCUT2D eigenvalue weighted by Crippen LogP contribution is 2.04. The van der Waals surface area contributed by atoms with Crippen LogP contribution in [0, 0.1) is 0 Å². The normalized spacial score (nSPS) is 10.4. The van der Waals surface area contributed by atoms with E-state index in [9.17, 15) is 0 Å². The summed E-state index contributed by atoms with van der Waals surface area (Å²) in [5.41, 5.74) is 1.47. The van der Waals surface area contributed by atoms with Crippen molar-refractivity contribution in [3.63, 3.8) is 0 Å². The molecule has 1 nitrogen and oxygen atoms in total. The standard InChI is InChI=1S/C12H22O/c1-4-7-10-13-11-8-9-12(5-2)6-3/h8-9,11H,4-7,10H2,1-3H3/b11-8+.